The highest BCUT2D eigenvalue weighted by atomic mass is 32.2. The van der Waals surface area contributed by atoms with Crippen LogP contribution in [0.15, 0.2) is 52.7 Å². The van der Waals surface area contributed by atoms with Crippen LogP contribution in [0.25, 0.3) is 10.6 Å². The maximum absolute atomic E-state index is 12.2. The number of benzene rings is 1. The number of hydrogen-bond donors (Lipinski definition) is 2. The Morgan fingerprint density at radius 2 is 1.96 bits per heavy atom. The van der Waals surface area contributed by atoms with Crippen LogP contribution in [-0.4, -0.2) is 30.8 Å². The number of nitrogens with one attached hydrogen (secondary N) is 2. The Bertz CT molecular complexity index is 927. The molecule has 2 N–H and O–H groups in total. The summed E-state index contributed by atoms with van der Waals surface area (Å²) in [5.74, 6) is 0.0554. The zero-order valence-corrected chi connectivity index (χ0v) is 13.7. The van der Waals surface area contributed by atoms with Gasteiger partial charge in [-0.1, -0.05) is 6.07 Å². The number of aromatic nitrogens is 2. The Kier molecular flexibility index (Phi) is 4.01. The van der Waals surface area contributed by atoms with Gasteiger partial charge in [0.25, 0.3) is 5.91 Å². The molecule has 0 aliphatic rings. The summed E-state index contributed by atoms with van der Waals surface area (Å²) < 4.78 is 22.8. The van der Waals surface area contributed by atoms with Gasteiger partial charge in [-0.3, -0.25) is 9.89 Å². The van der Waals surface area contributed by atoms with Gasteiger partial charge in [-0.2, -0.15) is 5.10 Å². The van der Waals surface area contributed by atoms with Crippen LogP contribution in [0.3, 0.4) is 0 Å². The largest absolute Gasteiger partial charge is 0.305 e. The van der Waals surface area contributed by atoms with Crippen LogP contribution < -0.4 is 5.32 Å². The SMILES string of the molecule is CS(=O)(=O)c1ccc(C(=O)Nc2cc(-c3cccs3)[nH]n2)cc1. The van der Waals surface area contributed by atoms with Gasteiger partial charge < -0.3 is 5.32 Å². The number of hydrogen-bond acceptors (Lipinski definition) is 5. The summed E-state index contributed by atoms with van der Waals surface area (Å²) in [6, 6.07) is 11.4. The lowest BCUT2D eigenvalue weighted by atomic mass is 10.2. The Labute approximate surface area is 137 Å². The topological polar surface area (TPSA) is 91.9 Å². The highest BCUT2D eigenvalue weighted by Crippen LogP contribution is 2.24. The summed E-state index contributed by atoms with van der Waals surface area (Å²) in [6.07, 6.45) is 1.12. The molecule has 2 heterocycles. The molecule has 1 aromatic carbocycles. The van der Waals surface area contributed by atoms with Crippen molar-refractivity contribution in [2.24, 2.45) is 0 Å². The van der Waals surface area contributed by atoms with E-state index in [4.69, 9.17) is 0 Å². The van der Waals surface area contributed by atoms with E-state index in [0.717, 1.165) is 16.8 Å². The molecule has 0 aliphatic heterocycles. The standard InChI is InChI=1S/C15H13N3O3S2/c1-23(20,21)11-6-4-10(5-7-11)15(19)16-14-9-12(17-18-14)13-3-2-8-22-13/h2-9H,1H3,(H2,16,17,18,19). The smallest absolute Gasteiger partial charge is 0.256 e. The van der Waals surface area contributed by atoms with Gasteiger partial charge in [-0.15, -0.1) is 11.3 Å². The third kappa shape index (κ3) is 3.49. The molecule has 3 aromatic rings. The van der Waals surface area contributed by atoms with Crippen molar-refractivity contribution in [3.8, 4) is 10.6 Å². The predicted octanol–water partition coefficient (Wildman–Crippen LogP) is 2.79. The average molecular weight is 347 g/mol. The zero-order chi connectivity index (χ0) is 16.4. The van der Waals surface area contributed by atoms with Gasteiger partial charge in [0.1, 0.15) is 0 Å². The van der Waals surface area contributed by atoms with Crippen LogP contribution in [-0.2, 0) is 9.84 Å². The molecule has 0 radical (unpaired) electrons. The van der Waals surface area contributed by atoms with E-state index in [-0.39, 0.29) is 10.8 Å². The van der Waals surface area contributed by atoms with Gasteiger partial charge in [0.2, 0.25) is 0 Å². The maximum Gasteiger partial charge on any atom is 0.256 e. The summed E-state index contributed by atoms with van der Waals surface area (Å²) in [6.45, 7) is 0. The van der Waals surface area contributed by atoms with Crippen LogP contribution in [0.4, 0.5) is 5.82 Å². The summed E-state index contributed by atoms with van der Waals surface area (Å²) in [5, 5.41) is 11.5. The number of anilines is 1. The molecule has 0 unspecified atom stereocenters. The van der Waals surface area contributed by atoms with Gasteiger partial charge in [0.05, 0.1) is 15.5 Å². The lowest BCUT2D eigenvalue weighted by Gasteiger charge is -2.03. The van der Waals surface area contributed by atoms with E-state index in [1.54, 1.807) is 17.4 Å². The van der Waals surface area contributed by atoms with Crippen LogP contribution in [0.2, 0.25) is 0 Å². The van der Waals surface area contributed by atoms with Crippen molar-refractivity contribution in [1.82, 2.24) is 10.2 Å². The van der Waals surface area contributed by atoms with E-state index < -0.39 is 9.84 Å². The molecule has 0 bridgehead atoms. The first-order valence-electron chi connectivity index (χ1n) is 6.64. The number of sulfone groups is 1. The second-order valence-corrected chi connectivity index (χ2v) is 7.86. The normalized spacial score (nSPS) is 11.3. The first-order valence-corrected chi connectivity index (χ1v) is 9.41. The first-order chi connectivity index (χ1) is 10.9. The molecule has 2 aromatic heterocycles. The first kappa shape index (κ1) is 15.4. The van der Waals surface area contributed by atoms with Crippen molar-refractivity contribution in [3.63, 3.8) is 0 Å². The molecule has 6 nitrogen and oxygen atoms in total. The van der Waals surface area contributed by atoms with Crippen LogP contribution in [0.5, 0.6) is 0 Å². The third-order valence-corrected chi connectivity index (χ3v) is 5.18. The molecule has 0 spiro atoms. The van der Waals surface area contributed by atoms with Crippen LogP contribution in [0.1, 0.15) is 10.4 Å². The van der Waals surface area contributed by atoms with E-state index in [1.807, 2.05) is 17.5 Å². The molecule has 23 heavy (non-hydrogen) atoms. The van der Waals surface area contributed by atoms with Gasteiger partial charge in [0.15, 0.2) is 15.7 Å². The quantitative estimate of drug-likeness (QED) is 0.759. The number of amides is 1. The second kappa shape index (κ2) is 5.98. The van der Waals surface area contributed by atoms with E-state index in [1.165, 1.54) is 24.3 Å². The van der Waals surface area contributed by atoms with Gasteiger partial charge in [0, 0.05) is 17.9 Å². The summed E-state index contributed by atoms with van der Waals surface area (Å²) in [5.41, 5.74) is 1.18. The highest BCUT2D eigenvalue weighted by Gasteiger charge is 2.12. The van der Waals surface area contributed by atoms with Crippen molar-refractivity contribution in [1.29, 1.82) is 0 Å². The fraction of sp³-hybridized carbons (Fsp3) is 0.0667. The summed E-state index contributed by atoms with van der Waals surface area (Å²) >= 11 is 1.57. The monoisotopic (exact) mass is 347 g/mol. The van der Waals surface area contributed by atoms with E-state index >= 15 is 0 Å². The van der Waals surface area contributed by atoms with Crippen LogP contribution in [0, 0.1) is 0 Å². The van der Waals surface area contributed by atoms with E-state index in [2.05, 4.69) is 15.5 Å². The van der Waals surface area contributed by atoms with Crippen molar-refractivity contribution < 1.29 is 13.2 Å². The molecule has 0 saturated carbocycles. The molecule has 118 valence electrons. The Balaban J connectivity index is 1.74. The molecule has 0 saturated heterocycles. The number of thiophene rings is 1. The lowest BCUT2D eigenvalue weighted by molar-refractivity contribution is 0.102. The van der Waals surface area contributed by atoms with Crippen molar-refractivity contribution in [2.45, 2.75) is 4.90 Å². The number of rotatable bonds is 4. The fourth-order valence-electron chi connectivity index (χ4n) is 1.99. The third-order valence-electron chi connectivity index (χ3n) is 3.15. The molecule has 0 atom stereocenters. The van der Waals surface area contributed by atoms with E-state index in [9.17, 15) is 13.2 Å². The average Bonchev–Trinajstić information content (AvgIpc) is 3.17. The number of aromatic amines is 1. The van der Waals surface area contributed by atoms with Gasteiger partial charge in [-0.05, 0) is 35.7 Å². The summed E-state index contributed by atoms with van der Waals surface area (Å²) in [4.78, 5) is 13.4. The summed E-state index contributed by atoms with van der Waals surface area (Å²) in [7, 11) is -3.27. The Hall–Kier alpha value is -2.45. The molecular formula is C15H13N3O3S2. The zero-order valence-electron chi connectivity index (χ0n) is 12.1. The second-order valence-electron chi connectivity index (χ2n) is 4.89. The Morgan fingerprint density at radius 3 is 2.57 bits per heavy atom. The maximum atomic E-state index is 12.2. The molecule has 3 rings (SSSR count). The predicted molar refractivity (Wildman–Crippen MR) is 89.4 cm³/mol. The van der Waals surface area contributed by atoms with Gasteiger partial charge in [-0.25, -0.2) is 8.42 Å². The fourth-order valence-corrected chi connectivity index (χ4v) is 3.31. The van der Waals surface area contributed by atoms with Crippen LogP contribution >= 0.6 is 11.3 Å². The van der Waals surface area contributed by atoms with Crippen molar-refractivity contribution >= 4 is 32.9 Å². The molecule has 0 aliphatic carbocycles. The van der Waals surface area contributed by atoms with E-state index in [0.29, 0.717) is 11.4 Å². The molecular weight excluding hydrogens is 334 g/mol. The minimum atomic E-state index is -3.27. The minimum absolute atomic E-state index is 0.175. The molecule has 0 fully saturated rings. The van der Waals surface area contributed by atoms with Crippen molar-refractivity contribution in [3.05, 3.63) is 53.4 Å². The number of carbonyl (C=O) groups excluding carboxylic acids is 1. The van der Waals surface area contributed by atoms with Gasteiger partial charge >= 0.3 is 0 Å². The number of carbonyl (C=O) groups is 1. The van der Waals surface area contributed by atoms with Crippen molar-refractivity contribution in [2.75, 3.05) is 11.6 Å². The number of H-pyrrole nitrogens is 1. The minimum Gasteiger partial charge on any atom is -0.305 e. The lowest BCUT2D eigenvalue weighted by Crippen LogP contribution is -2.12. The number of nitrogens with zero attached hydrogens (tertiary/aromatic N) is 1. The molecule has 1 amide bonds. The highest BCUT2D eigenvalue weighted by molar-refractivity contribution is 7.90. The Morgan fingerprint density at radius 1 is 1.22 bits per heavy atom. The molecule has 8 heteroatoms.